The number of nitrogens with one attached hydrogen (secondary N) is 1. The fourth-order valence-electron chi connectivity index (χ4n) is 1.07. The Morgan fingerprint density at radius 2 is 2.31 bits per heavy atom. The zero-order chi connectivity index (χ0) is 12.0. The Hall–Kier alpha value is -2.05. The molecule has 0 aliphatic rings. The van der Waals surface area contributed by atoms with Gasteiger partial charge in [0.25, 0.3) is 0 Å². The Morgan fingerprint density at radius 3 is 2.94 bits per heavy atom. The van der Waals surface area contributed by atoms with E-state index in [4.69, 9.17) is 10.5 Å². The van der Waals surface area contributed by atoms with Gasteiger partial charge in [-0.05, 0) is 6.92 Å². The van der Waals surface area contributed by atoms with Gasteiger partial charge in [-0.3, -0.25) is 0 Å². The number of nitrogens with zero attached hydrogens (tertiary/aromatic N) is 2. The van der Waals surface area contributed by atoms with Crippen LogP contribution in [0.1, 0.15) is 5.82 Å². The highest BCUT2D eigenvalue weighted by molar-refractivity contribution is 5.64. The molecule has 1 rings (SSSR count). The lowest BCUT2D eigenvalue weighted by Gasteiger charge is -2.07. The van der Waals surface area contributed by atoms with Crippen molar-refractivity contribution in [2.24, 2.45) is 5.73 Å². The molecule has 0 unspecified atom stereocenters. The fourth-order valence-corrected chi connectivity index (χ4v) is 1.07. The number of ether oxygens (including phenoxy) is 2. The molecule has 88 valence electrons. The van der Waals surface area contributed by atoms with Crippen molar-refractivity contribution in [1.29, 1.82) is 0 Å². The van der Waals surface area contributed by atoms with E-state index in [0.29, 0.717) is 24.1 Å². The number of carbonyl (C=O) groups excluding carboxylic acids is 1. The minimum absolute atomic E-state index is 0.181. The van der Waals surface area contributed by atoms with Gasteiger partial charge in [0, 0.05) is 6.07 Å². The maximum atomic E-state index is 10.3. The molecular weight excluding hydrogens is 212 g/mol. The number of primary amides is 1. The van der Waals surface area contributed by atoms with E-state index in [0.717, 1.165) is 0 Å². The van der Waals surface area contributed by atoms with Crippen molar-refractivity contribution in [3.63, 3.8) is 0 Å². The lowest BCUT2D eigenvalue weighted by molar-refractivity contribution is 0.161. The molecule has 16 heavy (non-hydrogen) atoms. The van der Waals surface area contributed by atoms with Gasteiger partial charge in [0.1, 0.15) is 18.2 Å². The van der Waals surface area contributed by atoms with Crippen molar-refractivity contribution < 1.29 is 14.3 Å². The van der Waals surface area contributed by atoms with E-state index in [1.807, 2.05) is 0 Å². The van der Waals surface area contributed by atoms with Crippen LogP contribution in [0, 0.1) is 6.92 Å². The summed E-state index contributed by atoms with van der Waals surface area (Å²) in [6, 6.07) is 1.65. The highest BCUT2D eigenvalue weighted by Crippen LogP contribution is 2.11. The molecule has 0 radical (unpaired) electrons. The van der Waals surface area contributed by atoms with E-state index in [1.54, 1.807) is 13.0 Å². The van der Waals surface area contributed by atoms with Crippen molar-refractivity contribution in [1.82, 2.24) is 9.97 Å². The molecule has 7 nitrogen and oxygen atoms in total. The number of aromatic nitrogens is 2. The first-order valence-corrected chi connectivity index (χ1v) is 4.67. The molecule has 0 saturated carbocycles. The first-order valence-electron chi connectivity index (χ1n) is 4.67. The molecule has 1 amide bonds. The predicted octanol–water partition coefficient (Wildman–Crippen LogP) is 0.301. The number of hydrogen-bond acceptors (Lipinski definition) is 6. The number of methoxy groups -OCH3 is 1. The second-order valence-corrected chi connectivity index (χ2v) is 2.94. The lowest BCUT2D eigenvalue weighted by atomic mass is 10.5. The van der Waals surface area contributed by atoms with Gasteiger partial charge >= 0.3 is 6.09 Å². The maximum Gasteiger partial charge on any atom is 0.404 e. The van der Waals surface area contributed by atoms with E-state index in [-0.39, 0.29) is 6.61 Å². The van der Waals surface area contributed by atoms with Crippen molar-refractivity contribution in [3.8, 4) is 5.88 Å². The summed E-state index contributed by atoms with van der Waals surface area (Å²) in [5, 5.41) is 2.95. The molecule has 0 aliphatic carbocycles. The van der Waals surface area contributed by atoms with Crippen molar-refractivity contribution in [2.75, 3.05) is 25.6 Å². The Morgan fingerprint density at radius 1 is 1.56 bits per heavy atom. The van der Waals surface area contributed by atoms with Gasteiger partial charge in [0.2, 0.25) is 5.88 Å². The Kier molecular flexibility index (Phi) is 4.31. The van der Waals surface area contributed by atoms with Crippen LogP contribution in [0.4, 0.5) is 10.6 Å². The molecule has 0 aliphatic heterocycles. The molecule has 0 bridgehead atoms. The van der Waals surface area contributed by atoms with Crippen molar-refractivity contribution in [3.05, 3.63) is 11.9 Å². The van der Waals surface area contributed by atoms with Gasteiger partial charge in [-0.15, -0.1) is 0 Å². The molecule has 1 aromatic heterocycles. The van der Waals surface area contributed by atoms with Crippen LogP contribution < -0.4 is 15.8 Å². The summed E-state index contributed by atoms with van der Waals surface area (Å²) in [5.41, 5.74) is 4.81. The molecule has 0 aromatic carbocycles. The molecule has 0 spiro atoms. The number of carbonyl (C=O) groups is 1. The van der Waals surface area contributed by atoms with E-state index in [9.17, 15) is 4.79 Å². The lowest BCUT2D eigenvalue weighted by Crippen LogP contribution is -2.18. The highest BCUT2D eigenvalue weighted by Gasteiger charge is 2.01. The summed E-state index contributed by atoms with van der Waals surface area (Å²) in [5.74, 6) is 1.68. The SMILES string of the molecule is COc1cc(NCCOC(N)=O)nc(C)n1. The quantitative estimate of drug-likeness (QED) is 0.700. The first kappa shape index (κ1) is 12.0. The maximum absolute atomic E-state index is 10.3. The molecule has 0 saturated heterocycles. The summed E-state index contributed by atoms with van der Waals surface area (Å²) >= 11 is 0. The minimum Gasteiger partial charge on any atom is -0.481 e. The number of nitrogens with two attached hydrogens (primary N) is 1. The van der Waals surface area contributed by atoms with Gasteiger partial charge < -0.3 is 20.5 Å². The van der Waals surface area contributed by atoms with Crippen molar-refractivity contribution >= 4 is 11.9 Å². The highest BCUT2D eigenvalue weighted by atomic mass is 16.5. The van der Waals surface area contributed by atoms with Gasteiger partial charge in [-0.2, -0.15) is 4.98 Å². The second-order valence-electron chi connectivity index (χ2n) is 2.94. The number of amides is 1. The topological polar surface area (TPSA) is 99.4 Å². The number of hydrogen-bond donors (Lipinski definition) is 2. The summed E-state index contributed by atoms with van der Waals surface area (Å²) in [7, 11) is 1.53. The van der Waals surface area contributed by atoms with Crippen LogP contribution in [0.2, 0.25) is 0 Å². The van der Waals surface area contributed by atoms with Crippen LogP contribution in [0.25, 0.3) is 0 Å². The van der Waals surface area contributed by atoms with E-state index in [1.165, 1.54) is 7.11 Å². The second kappa shape index (κ2) is 5.74. The van der Waals surface area contributed by atoms with Crippen LogP contribution in [0.5, 0.6) is 5.88 Å². The Labute approximate surface area is 93.0 Å². The fraction of sp³-hybridized carbons (Fsp3) is 0.444. The zero-order valence-electron chi connectivity index (χ0n) is 9.19. The van der Waals surface area contributed by atoms with E-state index >= 15 is 0 Å². The normalized spacial score (nSPS) is 9.62. The summed E-state index contributed by atoms with van der Waals surface area (Å²) in [6.07, 6.45) is -0.793. The van der Waals surface area contributed by atoms with Crippen molar-refractivity contribution in [2.45, 2.75) is 6.92 Å². The standard InChI is InChI=1S/C9H14N4O3/c1-6-12-7(5-8(13-6)15-2)11-3-4-16-9(10)14/h5H,3-4H2,1-2H3,(H2,10,14)(H,11,12,13). The predicted molar refractivity (Wildman–Crippen MR) is 57.3 cm³/mol. The van der Waals surface area contributed by atoms with E-state index < -0.39 is 6.09 Å². The van der Waals surface area contributed by atoms with Gasteiger partial charge in [0.15, 0.2) is 0 Å². The van der Waals surface area contributed by atoms with Gasteiger partial charge in [-0.1, -0.05) is 0 Å². The van der Waals surface area contributed by atoms with E-state index in [2.05, 4.69) is 20.0 Å². The number of rotatable bonds is 5. The molecule has 0 atom stereocenters. The zero-order valence-corrected chi connectivity index (χ0v) is 9.19. The summed E-state index contributed by atoms with van der Waals surface area (Å²) < 4.78 is 9.54. The molecular formula is C9H14N4O3. The summed E-state index contributed by atoms with van der Waals surface area (Å²) in [6.45, 7) is 2.36. The van der Waals surface area contributed by atoms with Crippen LogP contribution in [0.15, 0.2) is 6.07 Å². The van der Waals surface area contributed by atoms with Crippen LogP contribution in [-0.4, -0.2) is 36.3 Å². The molecule has 1 heterocycles. The largest absolute Gasteiger partial charge is 0.481 e. The molecule has 0 fully saturated rings. The number of anilines is 1. The Bertz CT molecular complexity index is 370. The average Bonchev–Trinajstić information content (AvgIpc) is 2.23. The Balaban J connectivity index is 2.47. The van der Waals surface area contributed by atoms with Crippen LogP contribution in [-0.2, 0) is 4.74 Å². The van der Waals surface area contributed by atoms with Gasteiger partial charge in [-0.25, -0.2) is 9.78 Å². The van der Waals surface area contributed by atoms with Crippen LogP contribution >= 0.6 is 0 Å². The molecule has 1 aromatic rings. The molecule has 3 N–H and O–H groups in total. The van der Waals surface area contributed by atoms with Crippen LogP contribution in [0.3, 0.4) is 0 Å². The smallest absolute Gasteiger partial charge is 0.404 e. The summed E-state index contributed by atoms with van der Waals surface area (Å²) in [4.78, 5) is 18.4. The third kappa shape index (κ3) is 3.99. The monoisotopic (exact) mass is 226 g/mol. The third-order valence-corrected chi connectivity index (χ3v) is 1.68. The average molecular weight is 226 g/mol. The third-order valence-electron chi connectivity index (χ3n) is 1.68. The minimum atomic E-state index is -0.793. The first-order chi connectivity index (χ1) is 7.61. The van der Waals surface area contributed by atoms with Gasteiger partial charge in [0.05, 0.1) is 13.7 Å². The number of aryl methyl sites for hydroxylation is 1. The molecule has 7 heteroatoms.